The third-order valence-corrected chi connectivity index (χ3v) is 4.84. The number of Topliss-reactive ketones (excluding diaryl/α,β-unsaturated/α-hetero) is 1. The van der Waals surface area contributed by atoms with E-state index in [4.69, 9.17) is 0 Å². The summed E-state index contributed by atoms with van der Waals surface area (Å²) < 4.78 is 2.19. The molecule has 0 radical (unpaired) electrons. The number of carbonyl (C=O) groups excluding carboxylic acids is 2. The second-order valence-electron chi connectivity index (χ2n) is 6.68. The van der Waals surface area contributed by atoms with E-state index in [9.17, 15) is 9.59 Å². The number of nitrogens with zero attached hydrogens (tertiary/aromatic N) is 3. The summed E-state index contributed by atoms with van der Waals surface area (Å²) in [6, 6.07) is 0. The second-order valence-corrected chi connectivity index (χ2v) is 6.68. The van der Waals surface area contributed by atoms with Gasteiger partial charge in [0.1, 0.15) is 17.3 Å². The number of H-pyrrole nitrogens is 1. The van der Waals surface area contributed by atoms with Crippen LogP contribution in [0.15, 0.2) is 0 Å². The molecule has 0 unspecified atom stereocenters. The fraction of sp³-hybridized carbons (Fsp3) is 0.556. The Morgan fingerprint density at radius 1 is 1.20 bits per heavy atom. The summed E-state index contributed by atoms with van der Waals surface area (Å²) in [7, 11) is 0. The van der Waals surface area contributed by atoms with Gasteiger partial charge in [-0.05, 0) is 39.2 Å². The van der Waals surface area contributed by atoms with Gasteiger partial charge >= 0.3 is 0 Å². The van der Waals surface area contributed by atoms with Crippen molar-refractivity contribution in [1.82, 2.24) is 25.1 Å². The lowest BCUT2D eigenvalue weighted by Crippen LogP contribution is -2.27. The Morgan fingerprint density at radius 2 is 2.00 bits per heavy atom. The first-order chi connectivity index (χ1) is 12.0. The van der Waals surface area contributed by atoms with Gasteiger partial charge in [-0.15, -0.1) is 10.2 Å². The molecule has 0 aromatic carbocycles. The molecule has 25 heavy (non-hydrogen) atoms. The third-order valence-electron chi connectivity index (χ3n) is 4.84. The molecule has 7 heteroatoms. The van der Waals surface area contributed by atoms with Crippen molar-refractivity contribution in [2.75, 3.05) is 6.54 Å². The highest BCUT2D eigenvalue weighted by molar-refractivity contribution is 6.02. The Hall–Kier alpha value is -2.44. The van der Waals surface area contributed by atoms with Gasteiger partial charge in [0.15, 0.2) is 5.78 Å². The van der Waals surface area contributed by atoms with Crippen LogP contribution < -0.4 is 5.32 Å². The predicted molar refractivity (Wildman–Crippen MR) is 93.9 cm³/mol. The van der Waals surface area contributed by atoms with Gasteiger partial charge in [-0.3, -0.25) is 9.59 Å². The number of amides is 1. The maximum atomic E-state index is 12.4. The number of aromatic nitrogens is 4. The average Bonchev–Trinajstić information content (AvgIpc) is 2.98. The molecule has 7 nitrogen and oxygen atoms in total. The molecule has 2 N–H and O–H groups in total. The Kier molecular flexibility index (Phi) is 5.01. The number of aryl methyl sites for hydroxylation is 2. The number of rotatable bonds is 5. The zero-order valence-corrected chi connectivity index (χ0v) is 15.1. The fourth-order valence-electron chi connectivity index (χ4n) is 3.61. The van der Waals surface area contributed by atoms with Gasteiger partial charge in [0.05, 0.1) is 0 Å². The highest BCUT2D eigenvalue weighted by Gasteiger charge is 2.20. The summed E-state index contributed by atoms with van der Waals surface area (Å²) >= 11 is 0. The summed E-state index contributed by atoms with van der Waals surface area (Å²) in [5.74, 6) is 1.77. The van der Waals surface area contributed by atoms with Crippen LogP contribution in [0.5, 0.6) is 0 Å². The van der Waals surface area contributed by atoms with Gasteiger partial charge in [-0.1, -0.05) is 6.42 Å². The van der Waals surface area contributed by atoms with Crippen LogP contribution in [-0.4, -0.2) is 38.0 Å². The van der Waals surface area contributed by atoms with Crippen molar-refractivity contribution in [2.24, 2.45) is 0 Å². The number of hydrogen-bond acceptors (Lipinski definition) is 4. The smallest absolute Gasteiger partial charge is 0.268 e. The zero-order chi connectivity index (χ0) is 18.0. The quantitative estimate of drug-likeness (QED) is 0.813. The molecular formula is C18H25N5O2. The van der Waals surface area contributed by atoms with Crippen LogP contribution in [0, 0.1) is 13.8 Å². The molecule has 3 heterocycles. The van der Waals surface area contributed by atoms with Crippen LogP contribution in [0.25, 0.3) is 0 Å². The van der Waals surface area contributed by atoms with E-state index < -0.39 is 0 Å². The van der Waals surface area contributed by atoms with Gasteiger partial charge < -0.3 is 14.9 Å². The first-order valence-corrected chi connectivity index (χ1v) is 8.88. The molecule has 0 bridgehead atoms. The molecular weight excluding hydrogens is 318 g/mol. The van der Waals surface area contributed by atoms with Crippen LogP contribution >= 0.6 is 0 Å². The highest BCUT2D eigenvalue weighted by atomic mass is 16.2. The maximum absolute atomic E-state index is 12.4. The molecule has 0 spiro atoms. The van der Waals surface area contributed by atoms with E-state index in [1.165, 1.54) is 19.8 Å². The number of ketones is 1. The molecule has 0 atom stereocenters. The summed E-state index contributed by atoms with van der Waals surface area (Å²) in [5.41, 5.74) is 2.51. The molecule has 0 saturated heterocycles. The van der Waals surface area contributed by atoms with Gasteiger partial charge in [-0.2, -0.15) is 0 Å². The lowest BCUT2D eigenvalue weighted by molar-refractivity contribution is 0.0948. The van der Waals surface area contributed by atoms with Crippen molar-refractivity contribution in [2.45, 2.75) is 59.4 Å². The van der Waals surface area contributed by atoms with Crippen LogP contribution in [-0.2, 0) is 19.4 Å². The van der Waals surface area contributed by atoms with Gasteiger partial charge in [0.2, 0.25) is 0 Å². The number of hydrogen-bond donors (Lipinski definition) is 2. The van der Waals surface area contributed by atoms with E-state index in [1.54, 1.807) is 6.92 Å². The summed E-state index contributed by atoms with van der Waals surface area (Å²) in [6.45, 7) is 6.58. The first kappa shape index (κ1) is 17.4. The average molecular weight is 343 g/mol. The molecule has 1 aliphatic rings. The molecule has 3 rings (SSSR count). The largest absolute Gasteiger partial charge is 0.354 e. The summed E-state index contributed by atoms with van der Waals surface area (Å²) in [6.07, 6.45) is 5.17. The highest BCUT2D eigenvalue weighted by Crippen LogP contribution is 2.18. The van der Waals surface area contributed by atoms with Crippen molar-refractivity contribution in [3.63, 3.8) is 0 Å². The molecule has 1 amide bonds. The van der Waals surface area contributed by atoms with Crippen molar-refractivity contribution in [1.29, 1.82) is 0 Å². The maximum Gasteiger partial charge on any atom is 0.268 e. The standard InChI is InChI=1S/C18H25N5O2/c1-11-16(13(3)24)12(2)20-17(11)18(25)19-9-8-15-22-21-14-7-5-4-6-10-23(14)15/h20H,4-10H2,1-3H3,(H,19,25). The van der Waals surface area contributed by atoms with Gasteiger partial charge in [-0.25, -0.2) is 0 Å². The number of fused-ring (bicyclic) bond motifs is 1. The van der Waals surface area contributed by atoms with Crippen molar-refractivity contribution < 1.29 is 9.59 Å². The summed E-state index contributed by atoms with van der Waals surface area (Å²) in [4.78, 5) is 27.1. The van der Waals surface area contributed by atoms with Crippen LogP contribution in [0.1, 0.15) is 69.9 Å². The molecule has 0 saturated carbocycles. The molecule has 134 valence electrons. The second kappa shape index (κ2) is 7.21. The molecule has 0 aliphatic carbocycles. The zero-order valence-electron chi connectivity index (χ0n) is 15.1. The predicted octanol–water partition coefficient (Wildman–Crippen LogP) is 2.12. The Labute approximate surface area is 147 Å². The van der Waals surface area contributed by atoms with Crippen LogP contribution in [0.2, 0.25) is 0 Å². The minimum atomic E-state index is -0.191. The topological polar surface area (TPSA) is 92.7 Å². The molecule has 2 aromatic heterocycles. The fourth-order valence-corrected chi connectivity index (χ4v) is 3.61. The Morgan fingerprint density at radius 3 is 2.72 bits per heavy atom. The molecule has 2 aromatic rings. The molecule has 1 aliphatic heterocycles. The lowest BCUT2D eigenvalue weighted by atomic mass is 10.1. The minimum absolute atomic E-state index is 0.0311. The monoisotopic (exact) mass is 343 g/mol. The third kappa shape index (κ3) is 3.50. The van der Waals surface area contributed by atoms with E-state index in [-0.39, 0.29) is 11.7 Å². The summed E-state index contributed by atoms with van der Waals surface area (Å²) in [5, 5.41) is 11.5. The normalized spacial score (nSPS) is 14.0. The van der Waals surface area contributed by atoms with Gasteiger partial charge in [0.25, 0.3) is 5.91 Å². The first-order valence-electron chi connectivity index (χ1n) is 8.88. The van der Waals surface area contributed by atoms with E-state index in [0.717, 1.165) is 36.7 Å². The van der Waals surface area contributed by atoms with E-state index in [1.807, 2.05) is 6.92 Å². The van der Waals surface area contributed by atoms with E-state index in [0.29, 0.717) is 29.8 Å². The van der Waals surface area contributed by atoms with Crippen molar-refractivity contribution in [3.05, 3.63) is 34.2 Å². The minimum Gasteiger partial charge on any atom is -0.354 e. The Balaban J connectivity index is 1.63. The lowest BCUT2D eigenvalue weighted by Gasteiger charge is -2.08. The van der Waals surface area contributed by atoms with Crippen LogP contribution in [0.4, 0.5) is 0 Å². The van der Waals surface area contributed by atoms with E-state index >= 15 is 0 Å². The van der Waals surface area contributed by atoms with E-state index in [2.05, 4.69) is 25.1 Å². The number of aromatic amines is 1. The number of carbonyl (C=O) groups is 2. The van der Waals surface area contributed by atoms with Gasteiger partial charge in [0, 0.05) is 37.2 Å². The Bertz CT molecular complexity index is 803. The SMILES string of the molecule is CC(=O)c1c(C)[nH]c(C(=O)NCCc2nnc3n2CCCCC3)c1C. The van der Waals surface area contributed by atoms with Crippen molar-refractivity contribution in [3.8, 4) is 0 Å². The number of nitrogens with one attached hydrogen (secondary N) is 2. The van der Waals surface area contributed by atoms with Crippen molar-refractivity contribution >= 4 is 11.7 Å². The van der Waals surface area contributed by atoms with Crippen LogP contribution in [0.3, 0.4) is 0 Å². The molecule has 0 fully saturated rings.